The lowest BCUT2D eigenvalue weighted by Gasteiger charge is -2.27. The van der Waals surface area contributed by atoms with Crippen molar-refractivity contribution >= 4 is 12.1 Å². The van der Waals surface area contributed by atoms with E-state index in [-0.39, 0.29) is 24.1 Å². The lowest BCUT2D eigenvalue weighted by atomic mass is 10.0. The van der Waals surface area contributed by atoms with Crippen molar-refractivity contribution in [1.29, 1.82) is 0 Å². The van der Waals surface area contributed by atoms with Crippen LogP contribution in [0.3, 0.4) is 0 Å². The van der Waals surface area contributed by atoms with Gasteiger partial charge in [-0.25, -0.2) is 4.79 Å². The van der Waals surface area contributed by atoms with Crippen LogP contribution in [0, 0.1) is 5.92 Å². The Balaban J connectivity index is 2.05. The van der Waals surface area contributed by atoms with Gasteiger partial charge in [-0.2, -0.15) is 0 Å². The molecular formula is C8H11NO4. The number of carbonyl (C=O) groups is 2. The van der Waals surface area contributed by atoms with Gasteiger partial charge in [-0.3, -0.25) is 4.79 Å². The molecule has 2 aliphatic heterocycles. The Kier molecular flexibility index (Phi) is 1.86. The SMILES string of the molecule is COC(=O)N1CC2CC(C1)C(=O)O2. The van der Waals surface area contributed by atoms with E-state index >= 15 is 0 Å². The van der Waals surface area contributed by atoms with Gasteiger partial charge in [0.05, 0.1) is 19.6 Å². The minimum Gasteiger partial charge on any atom is -0.460 e. The van der Waals surface area contributed by atoms with E-state index in [2.05, 4.69) is 4.74 Å². The van der Waals surface area contributed by atoms with E-state index in [4.69, 9.17) is 4.74 Å². The van der Waals surface area contributed by atoms with Crippen molar-refractivity contribution in [2.75, 3.05) is 20.2 Å². The number of hydrogen-bond acceptors (Lipinski definition) is 4. The summed E-state index contributed by atoms with van der Waals surface area (Å²) in [5, 5.41) is 0. The molecule has 0 aromatic heterocycles. The Labute approximate surface area is 75.6 Å². The number of ether oxygens (including phenoxy) is 2. The molecule has 2 saturated heterocycles. The first-order valence-electron chi connectivity index (χ1n) is 4.24. The van der Waals surface area contributed by atoms with E-state index in [1.54, 1.807) is 0 Å². The Morgan fingerprint density at radius 2 is 2.38 bits per heavy atom. The minimum atomic E-state index is -0.381. The van der Waals surface area contributed by atoms with Crippen LogP contribution in [-0.4, -0.2) is 43.3 Å². The van der Waals surface area contributed by atoms with Crippen molar-refractivity contribution in [3.63, 3.8) is 0 Å². The predicted molar refractivity (Wildman–Crippen MR) is 42.0 cm³/mol. The third-order valence-electron chi connectivity index (χ3n) is 2.46. The van der Waals surface area contributed by atoms with Crippen molar-refractivity contribution in [1.82, 2.24) is 4.90 Å². The maximum Gasteiger partial charge on any atom is 0.409 e. The smallest absolute Gasteiger partial charge is 0.409 e. The van der Waals surface area contributed by atoms with Gasteiger partial charge >= 0.3 is 12.1 Å². The number of amides is 1. The van der Waals surface area contributed by atoms with E-state index in [0.29, 0.717) is 13.1 Å². The molecule has 0 spiro atoms. The molecule has 0 aliphatic carbocycles. The molecule has 2 aliphatic rings. The second-order valence-corrected chi connectivity index (χ2v) is 3.37. The maximum atomic E-state index is 11.1. The molecule has 2 bridgehead atoms. The third kappa shape index (κ3) is 1.34. The average Bonchev–Trinajstić information content (AvgIpc) is 2.39. The topological polar surface area (TPSA) is 55.8 Å². The monoisotopic (exact) mass is 185 g/mol. The van der Waals surface area contributed by atoms with Crippen LogP contribution in [0.25, 0.3) is 0 Å². The van der Waals surface area contributed by atoms with Crippen molar-refractivity contribution < 1.29 is 19.1 Å². The van der Waals surface area contributed by atoms with Crippen LogP contribution in [0.4, 0.5) is 4.79 Å². The zero-order valence-electron chi connectivity index (χ0n) is 7.36. The summed E-state index contributed by atoms with van der Waals surface area (Å²) in [5.74, 6) is -0.325. The Bertz CT molecular complexity index is 253. The zero-order valence-corrected chi connectivity index (χ0v) is 7.36. The summed E-state index contributed by atoms with van der Waals surface area (Å²) in [6.45, 7) is 0.900. The predicted octanol–water partition coefficient (Wildman–Crippen LogP) is 0.0001000. The van der Waals surface area contributed by atoms with E-state index in [1.807, 2.05) is 0 Å². The highest BCUT2D eigenvalue weighted by Crippen LogP contribution is 2.27. The summed E-state index contributed by atoms with van der Waals surface area (Å²) >= 11 is 0. The Morgan fingerprint density at radius 3 is 3.00 bits per heavy atom. The number of carbonyl (C=O) groups excluding carboxylic acids is 2. The van der Waals surface area contributed by atoms with Crippen LogP contribution < -0.4 is 0 Å². The molecule has 2 unspecified atom stereocenters. The molecule has 0 radical (unpaired) electrons. The summed E-state index contributed by atoms with van der Waals surface area (Å²) in [4.78, 5) is 23.8. The average molecular weight is 185 g/mol. The fourth-order valence-corrected chi connectivity index (χ4v) is 1.85. The maximum absolute atomic E-state index is 11.1. The van der Waals surface area contributed by atoms with Gasteiger partial charge in [-0.1, -0.05) is 0 Å². The minimum absolute atomic E-state index is 0.120. The van der Waals surface area contributed by atoms with E-state index in [0.717, 1.165) is 6.42 Å². The second-order valence-electron chi connectivity index (χ2n) is 3.37. The first-order chi connectivity index (χ1) is 6.20. The summed E-state index contributed by atoms with van der Waals surface area (Å²) in [7, 11) is 1.33. The lowest BCUT2D eigenvalue weighted by molar-refractivity contribution is -0.142. The fourth-order valence-electron chi connectivity index (χ4n) is 1.85. The molecular weight excluding hydrogens is 174 g/mol. The zero-order chi connectivity index (χ0) is 9.42. The largest absolute Gasteiger partial charge is 0.460 e. The van der Waals surface area contributed by atoms with Gasteiger partial charge in [0.1, 0.15) is 6.10 Å². The highest BCUT2D eigenvalue weighted by molar-refractivity contribution is 5.77. The lowest BCUT2D eigenvalue weighted by Crippen LogP contribution is -2.43. The van der Waals surface area contributed by atoms with Gasteiger partial charge in [0.2, 0.25) is 0 Å². The molecule has 2 heterocycles. The number of esters is 1. The molecule has 0 N–H and O–H groups in total. The highest BCUT2D eigenvalue weighted by atomic mass is 16.6. The summed E-state index contributed by atoms with van der Waals surface area (Å²) < 4.78 is 9.59. The van der Waals surface area contributed by atoms with Gasteiger partial charge in [-0.05, 0) is 0 Å². The first-order valence-corrected chi connectivity index (χ1v) is 4.24. The number of rotatable bonds is 0. The van der Waals surface area contributed by atoms with Crippen molar-refractivity contribution in [2.24, 2.45) is 5.92 Å². The molecule has 0 aromatic carbocycles. The summed E-state index contributed by atoms with van der Waals surface area (Å²) in [6, 6.07) is 0. The van der Waals surface area contributed by atoms with Crippen LogP contribution in [-0.2, 0) is 14.3 Å². The molecule has 0 saturated carbocycles. The Morgan fingerprint density at radius 1 is 1.62 bits per heavy atom. The molecule has 5 heteroatoms. The number of hydrogen-bond donors (Lipinski definition) is 0. The fraction of sp³-hybridized carbons (Fsp3) is 0.750. The third-order valence-corrected chi connectivity index (χ3v) is 2.46. The van der Waals surface area contributed by atoms with Crippen LogP contribution in [0.5, 0.6) is 0 Å². The van der Waals surface area contributed by atoms with Gasteiger partial charge < -0.3 is 14.4 Å². The summed E-state index contributed by atoms with van der Waals surface area (Å²) in [5.41, 5.74) is 0. The second kappa shape index (κ2) is 2.90. The van der Waals surface area contributed by atoms with Gasteiger partial charge in [-0.15, -0.1) is 0 Å². The molecule has 0 aromatic rings. The molecule has 2 fully saturated rings. The van der Waals surface area contributed by atoms with E-state index in [9.17, 15) is 9.59 Å². The van der Waals surface area contributed by atoms with E-state index < -0.39 is 0 Å². The molecule has 2 atom stereocenters. The number of fused-ring (bicyclic) bond motifs is 2. The van der Waals surface area contributed by atoms with Gasteiger partial charge in [0.15, 0.2) is 0 Å². The molecule has 2 rings (SSSR count). The first kappa shape index (κ1) is 8.34. The van der Waals surface area contributed by atoms with Crippen molar-refractivity contribution in [3.8, 4) is 0 Å². The molecule has 5 nitrogen and oxygen atoms in total. The molecule has 72 valence electrons. The van der Waals surface area contributed by atoms with E-state index in [1.165, 1.54) is 12.0 Å². The number of methoxy groups -OCH3 is 1. The standard InChI is InChI=1S/C8H11NO4/c1-12-8(11)9-3-5-2-6(4-9)13-7(5)10/h5-6H,2-4H2,1H3. The number of likely N-dealkylation sites (tertiary alicyclic amines) is 1. The highest BCUT2D eigenvalue weighted by Gasteiger charge is 2.42. The quantitative estimate of drug-likeness (QED) is 0.498. The number of piperidine rings is 1. The van der Waals surface area contributed by atoms with Crippen LogP contribution in [0.2, 0.25) is 0 Å². The van der Waals surface area contributed by atoms with Crippen LogP contribution >= 0.6 is 0 Å². The van der Waals surface area contributed by atoms with Crippen LogP contribution in [0.15, 0.2) is 0 Å². The van der Waals surface area contributed by atoms with Crippen molar-refractivity contribution in [3.05, 3.63) is 0 Å². The van der Waals surface area contributed by atoms with Crippen LogP contribution in [0.1, 0.15) is 6.42 Å². The molecule has 1 amide bonds. The Hall–Kier alpha value is -1.26. The molecule has 13 heavy (non-hydrogen) atoms. The van der Waals surface area contributed by atoms with Gasteiger partial charge in [0, 0.05) is 13.0 Å². The van der Waals surface area contributed by atoms with Crippen molar-refractivity contribution in [2.45, 2.75) is 12.5 Å². The normalized spacial score (nSPS) is 31.5. The van der Waals surface area contributed by atoms with Gasteiger partial charge in [0.25, 0.3) is 0 Å². The summed E-state index contributed by atoms with van der Waals surface area (Å²) in [6.07, 6.45) is 0.241. The number of nitrogens with zero attached hydrogens (tertiary/aromatic N) is 1.